The molecule has 2 aromatic rings. The first-order valence-electron chi connectivity index (χ1n) is 10.2. The molecule has 2 aromatic carbocycles. The molecule has 6 heteroatoms. The van der Waals surface area contributed by atoms with E-state index in [2.05, 4.69) is 71.7 Å². The second kappa shape index (κ2) is 11.8. The Balaban J connectivity index is 0.00000225. The van der Waals surface area contributed by atoms with Crippen molar-refractivity contribution in [2.45, 2.75) is 30.3 Å². The molecular weight excluding hydrogens is 417 g/mol. The molecule has 0 aromatic heterocycles. The lowest BCUT2D eigenvalue weighted by molar-refractivity contribution is -0.114. The van der Waals surface area contributed by atoms with Crippen LogP contribution < -0.4 is 5.32 Å². The number of hydrogen-bond acceptors (Lipinski definition) is 4. The Morgan fingerprint density at radius 2 is 1.53 bits per heavy atom. The lowest BCUT2D eigenvalue weighted by atomic mass is 9.79. The summed E-state index contributed by atoms with van der Waals surface area (Å²) < 4.78 is 0. The van der Waals surface area contributed by atoms with Gasteiger partial charge in [0.25, 0.3) is 0 Å². The minimum Gasteiger partial charge on any atom is -0.307 e. The molecule has 166 valence electrons. The van der Waals surface area contributed by atoms with Crippen LogP contribution in [0.3, 0.4) is 0 Å². The summed E-state index contributed by atoms with van der Waals surface area (Å²) in [4.78, 5) is 16.9. The van der Waals surface area contributed by atoms with E-state index < -0.39 is 5.54 Å². The predicted octanol–water partition coefficient (Wildman–Crippen LogP) is 3.78. The van der Waals surface area contributed by atoms with Crippen LogP contribution in [0.5, 0.6) is 0 Å². The Labute approximate surface area is 193 Å². The van der Waals surface area contributed by atoms with Crippen LogP contribution in [-0.4, -0.2) is 62.4 Å². The van der Waals surface area contributed by atoms with Crippen molar-refractivity contribution in [2.24, 2.45) is 0 Å². The van der Waals surface area contributed by atoms with Gasteiger partial charge in [-0.25, -0.2) is 0 Å². The predicted molar refractivity (Wildman–Crippen MR) is 130 cm³/mol. The second-order valence-electron chi connectivity index (χ2n) is 8.25. The maximum absolute atomic E-state index is 12.1. The van der Waals surface area contributed by atoms with Gasteiger partial charge in [-0.2, -0.15) is 0 Å². The fourth-order valence-corrected chi connectivity index (χ4v) is 4.54. The van der Waals surface area contributed by atoms with Gasteiger partial charge in [0.2, 0.25) is 0 Å². The van der Waals surface area contributed by atoms with Crippen molar-refractivity contribution >= 4 is 31.1 Å². The number of aldehydes is 1. The number of hydrogen-bond donors (Lipinski definition) is 1. The largest absolute Gasteiger partial charge is 0.307 e. The summed E-state index contributed by atoms with van der Waals surface area (Å²) in [6, 6.07) is 21.1. The summed E-state index contributed by atoms with van der Waals surface area (Å²) in [5.74, 6) is 0. The van der Waals surface area contributed by atoms with Crippen molar-refractivity contribution in [2.75, 3.05) is 40.8 Å². The van der Waals surface area contributed by atoms with Gasteiger partial charge in [-0.3, -0.25) is 4.90 Å². The number of carbonyl (C=O) groups is 1. The third-order valence-electron chi connectivity index (χ3n) is 6.44. The average Bonchev–Trinajstić information content (AvgIpc) is 2.75. The van der Waals surface area contributed by atoms with E-state index in [-0.39, 0.29) is 30.4 Å². The average molecular weight is 452 g/mol. The summed E-state index contributed by atoms with van der Waals surface area (Å²) in [5, 5.41) is 3.32. The first kappa shape index (κ1) is 26.6. The van der Waals surface area contributed by atoms with Crippen LogP contribution in [0.1, 0.15) is 24.0 Å². The van der Waals surface area contributed by atoms with Gasteiger partial charge in [0.1, 0.15) is 6.29 Å². The molecule has 4 nitrogen and oxygen atoms in total. The fourth-order valence-electron chi connectivity index (χ4n) is 4.54. The molecule has 0 radical (unpaired) electrons. The van der Waals surface area contributed by atoms with Gasteiger partial charge in [-0.1, -0.05) is 60.7 Å². The summed E-state index contributed by atoms with van der Waals surface area (Å²) in [7, 11) is 6.26. The zero-order chi connectivity index (χ0) is 20.0. The Kier molecular flexibility index (Phi) is 10.5. The van der Waals surface area contributed by atoms with Crippen LogP contribution in [0.25, 0.3) is 0 Å². The molecule has 1 heterocycles. The third kappa shape index (κ3) is 5.83. The molecule has 0 amide bonds. The van der Waals surface area contributed by atoms with Gasteiger partial charge < -0.3 is 15.0 Å². The van der Waals surface area contributed by atoms with Gasteiger partial charge in [-0.15, -0.1) is 24.8 Å². The Hall–Kier alpha value is -1.43. The van der Waals surface area contributed by atoms with Crippen molar-refractivity contribution in [1.29, 1.82) is 0 Å². The number of nitrogens with one attached hydrogen (secondary N) is 1. The normalized spacial score (nSPS) is 18.0. The number of likely N-dealkylation sites (tertiary alicyclic amines) is 1. The zero-order valence-corrected chi connectivity index (χ0v) is 19.8. The Morgan fingerprint density at radius 3 is 2.00 bits per heavy atom. The molecule has 0 spiro atoms. The molecule has 0 saturated carbocycles. The van der Waals surface area contributed by atoms with Crippen LogP contribution >= 0.6 is 24.8 Å². The molecule has 1 atom stereocenters. The van der Waals surface area contributed by atoms with E-state index in [0.29, 0.717) is 6.42 Å². The molecule has 30 heavy (non-hydrogen) atoms. The van der Waals surface area contributed by atoms with Crippen molar-refractivity contribution in [3.63, 3.8) is 0 Å². The number of carbonyl (C=O) groups excluding carboxylic acids is 1. The smallest absolute Gasteiger partial charge is 0.141 e. The SMILES string of the molecule is CNC(C=O)(Cc1ccccc1)CN1CCC(c2ccccc2)(N(C)C)CC1.Cl.Cl. The van der Waals surface area contributed by atoms with Crippen LogP contribution in [0.15, 0.2) is 60.7 Å². The van der Waals surface area contributed by atoms with Crippen LogP contribution in [0, 0.1) is 0 Å². The summed E-state index contributed by atoms with van der Waals surface area (Å²) in [6.07, 6.45) is 3.94. The molecular formula is C24H35Cl2N3O. The minimum atomic E-state index is -0.549. The monoisotopic (exact) mass is 451 g/mol. The third-order valence-corrected chi connectivity index (χ3v) is 6.44. The summed E-state index contributed by atoms with van der Waals surface area (Å²) in [5.41, 5.74) is 2.10. The summed E-state index contributed by atoms with van der Waals surface area (Å²) in [6.45, 7) is 2.71. The standard InChI is InChI=1S/C24H33N3O.2ClH/c1-25-23(20-28,18-21-10-6-4-7-11-21)19-27-16-14-24(15-17-27,26(2)3)22-12-8-5-9-13-22;;/h4-13,20,25H,14-19H2,1-3H3;2*1H. The van der Waals surface area contributed by atoms with Crippen LogP contribution in [0.2, 0.25) is 0 Å². The van der Waals surface area contributed by atoms with E-state index in [1.54, 1.807) is 0 Å². The van der Waals surface area contributed by atoms with Gasteiger partial charge in [0, 0.05) is 25.2 Å². The van der Waals surface area contributed by atoms with E-state index in [1.807, 2.05) is 25.2 Å². The van der Waals surface area contributed by atoms with E-state index in [0.717, 1.165) is 38.8 Å². The Morgan fingerprint density at radius 1 is 1.00 bits per heavy atom. The molecule has 3 rings (SSSR count). The number of benzene rings is 2. The topological polar surface area (TPSA) is 35.6 Å². The highest BCUT2D eigenvalue weighted by Gasteiger charge is 2.40. The molecule has 1 aliphatic heterocycles. The van der Waals surface area contributed by atoms with Gasteiger partial charge >= 0.3 is 0 Å². The molecule has 0 aliphatic carbocycles. The maximum atomic E-state index is 12.1. The highest BCUT2D eigenvalue weighted by molar-refractivity contribution is 5.85. The van der Waals surface area contributed by atoms with E-state index in [4.69, 9.17) is 0 Å². The number of rotatable bonds is 8. The van der Waals surface area contributed by atoms with Crippen molar-refractivity contribution in [3.05, 3.63) is 71.8 Å². The van der Waals surface area contributed by atoms with Crippen LogP contribution in [0.4, 0.5) is 0 Å². The molecule has 1 fully saturated rings. The highest BCUT2D eigenvalue weighted by atomic mass is 35.5. The first-order valence-corrected chi connectivity index (χ1v) is 10.2. The number of piperidine rings is 1. The lowest BCUT2D eigenvalue weighted by Crippen LogP contribution is -2.58. The van der Waals surface area contributed by atoms with Crippen molar-refractivity contribution in [1.82, 2.24) is 15.1 Å². The molecule has 1 N–H and O–H groups in total. The quantitative estimate of drug-likeness (QED) is 0.619. The lowest BCUT2D eigenvalue weighted by Gasteiger charge is -2.48. The zero-order valence-electron chi connectivity index (χ0n) is 18.2. The summed E-state index contributed by atoms with van der Waals surface area (Å²) >= 11 is 0. The molecule has 1 unspecified atom stereocenters. The first-order chi connectivity index (χ1) is 13.5. The highest BCUT2D eigenvalue weighted by Crippen LogP contribution is 2.37. The minimum absolute atomic E-state index is 0. The molecule has 1 aliphatic rings. The van der Waals surface area contributed by atoms with E-state index in [1.165, 1.54) is 11.1 Å². The van der Waals surface area contributed by atoms with Crippen molar-refractivity contribution in [3.8, 4) is 0 Å². The number of nitrogens with zero attached hydrogens (tertiary/aromatic N) is 2. The fraction of sp³-hybridized carbons (Fsp3) is 0.458. The second-order valence-corrected chi connectivity index (χ2v) is 8.25. The molecule has 1 saturated heterocycles. The Bertz CT molecular complexity index is 750. The maximum Gasteiger partial charge on any atom is 0.141 e. The van der Waals surface area contributed by atoms with E-state index in [9.17, 15) is 4.79 Å². The van der Waals surface area contributed by atoms with Crippen LogP contribution in [-0.2, 0) is 16.8 Å². The number of likely N-dealkylation sites (N-methyl/N-ethyl adjacent to an activating group) is 1. The van der Waals surface area contributed by atoms with Gasteiger partial charge in [0.05, 0.1) is 5.54 Å². The van der Waals surface area contributed by atoms with Gasteiger partial charge in [-0.05, 0) is 51.5 Å². The molecule has 0 bridgehead atoms. The van der Waals surface area contributed by atoms with E-state index >= 15 is 0 Å². The van der Waals surface area contributed by atoms with Crippen molar-refractivity contribution < 1.29 is 4.79 Å². The van der Waals surface area contributed by atoms with Gasteiger partial charge in [0.15, 0.2) is 0 Å². The number of halogens is 2.